The average Bonchev–Trinajstić information content (AvgIpc) is 3.26. The van der Waals surface area contributed by atoms with Crippen molar-refractivity contribution in [2.24, 2.45) is 0 Å². The van der Waals surface area contributed by atoms with E-state index < -0.39 is 29.7 Å². The molecule has 3 aromatic rings. The maximum absolute atomic E-state index is 13.2. The van der Waals surface area contributed by atoms with Crippen molar-refractivity contribution in [1.29, 1.82) is 0 Å². The number of anilines is 1. The van der Waals surface area contributed by atoms with Crippen LogP contribution in [0.25, 0.3) is 22.0 Å². The normalized spacial score (nSPS) is 15.5. The fraction of sp³-hybridized carbons (Fsp3) is 0.231. The molecule has 35 heavy (non-hydrogen) atoms. The molecule has 1 atom stereocenters. The number of nitrogens with one attached hydrogen (secondary N) is 1. The van der Waals surface area contributed by atoms with E-state index in [0.29, 0.717) is 5.69 Å². The van der Waals surface area contributed by atoms with Crippen LogP contribution < -0.4 is 10.2 Å². The van der Waals surface area contributed by atoms with Crippen LogP contribution in [-0.2, 0) is 20.9 Å². The summed E-state index contributed by atoms with van der Waals surface area (Å²) in [4.78, 5) is 52.1. The summed E-state index contributed by atoms with van der Waals surface area (Å²) in [6.07, 6.45) is 4.35. The Labute approximate surface area is 202 Å². The van der Waals surface area contributed by atoms with Crippen molar-refractivity contribution in [3.05, 3.63) is 67.0 Å². The van der Waals surface area contributed by atoms with Crippen molar-refractivity contribution in [3.63, 3.8) is 0 Å². The second kappa shape index (κ2) is 9.84. The molecule has 0 spiro atoms. The number of urea groups is 1. The third-order valence-electron chi connectivity index (χ3n) is 5.98. The van der Waals surface area contributed by atoms with Crippen LogP contribution in [0, 0.1) is 0 Å². The van der Waals surface area contributed by atoms with Crippen molar-refractivity contribution in [1.82, 2.24) is 14.8 Å². The summed E-state index contributed by atoms with van der Waals surface area (Å²) in [5.41, 5.74) is 3.13. The van der Waals surface area contributed by atoms with E-state index in [1.54, 1.807) is 18.2 Å². The number of rotatable bonds is 7. The van der Waals surface area contributed by atoms with Crippen molar-refractivity contribution >= 4 is 40.3 Å². The molecule has 0 saturated carbocycles. The molecule has 0 unspecified atom stereocenters. The Morgan fingerprint density at radius 3 is 2.60 bits per heavy atom. The Balaban J connectivity index is 1.75. The van der Waals surface area contributed by atoms with E-state index in [1.807, 2.05) is 30.5 Å². The zero-order valence-electron chi connectivity index (χ0n) is 19.5. The minimum Gasteiger partial charge on any atom is -0.481 e. The lowest BCUT2D eigenvalue weighted by molar-refractivity contribution is -0.137. The van der Waals surface area contributed by atoms with E-state index >= 15 is 0 Å². The number of nitrogens with zero attached hydrogens (tertiary/aromatic N) is 3. The largest absolute Gasteiger partial charge is 0.481 e. The molecule has 1 aromatic heterocycles. The molecular weight excluding hydrogens is 448 g/mol. The summed E-state index contributed by atoms with van der Waals surface area (Å²) in [7, 11) is 1.51. The van der Waals surface area contributed by atoms with E-state index in [0.717, 1.165) is 33.5 Å². The molecule has 0 aliphatic carbocycles. The number of carboxylic acid groups (broad SMARTS) is 1. The zero-order valence-corrected chi connectivity index (χ0v) is 19.5. The summed E-state index contributed by atoms with van der Waals surface area (Å²) < 4.78 is 2.13. The first-order chi connectivity index (χ1) is 16.8. The monoisotopic (exact) mass is 474 g/mol. The van der Waals surface area contributed by atoms with Crippen LogP contribution >= 0.6 is 0 Å². The van der Waals surface area contributed by atoms with Gasteiger partial charge in [0, 0.05) is 49.8 Å². The van der Waals surface area contributed by atoms with Crippen molar-refractivity contribution in [2.75, 3.05) is 18.5 Å². The second-order valence-corrected chi connectivity index (χ2v) is 8.24. The molecule has 9 nitrogen and oxygen atoms in total. The van der Waals surface area contributed by atoms with E-state index in [-0.39, 0.29) is 13.0 Å². The highest BCUT2D eigenvalue weighted by atomic mass is 16.4. The van der Waals surface area contributed by atoms with Gasteiger partial charge in [-0.3, -0.25) is 19.3 Å². The molecule has 0 bridgehead atoms. The Bertz CT molecular complexity index is 1340. The predicted octanol–water partition coefficient (Wildman–Crippen LogP) is 3.24. The molecule has 1 aliphatic heterocycles. The number of carbonyl (C=O) groups is 4. The Kier molecular flexibility index (Phi) is 6.68. The SMILES string of the molecule is CCn1ccc2ccc(-c3cccc(N(C(=O)NCCC(=O)O)[C@H]4C(=O)C=CN(C)C4=O)c3)cc21. The highest BCUT2D eigenvalue weighted by Gasteiger charge is 2.39. The number of amides is 3. The molecule has 0 radical (unpaired) electrons. The summed E-state index contributed by atoms with van der Waals surface area (Å²) in [6, 6.07) is 13.0. The predicted molar refractivity (Wildman–Crippen MR) is 132 cm³/mol. The van der Waals surface area contributed by atoms with Gasteiger partial charge in [0.1, 0.15) is 0 Å². The molecule has 180 valence electrons. The number of carbonyl (C=O) groups excluding carboxylic acids is 3. The van der Waals surface area contributed by atoms with E-state index in [4.69, 9.17) is 5.11 Å². The first-order valence-electron chi connectivity index (χ1n) is 11.3. The van der Waals surface area contributed by atoms with E-state index in [9.17, 15) is 19.2 Å². The summed E-state index contributed by atoms with van der Waals surface area (Å²) in [5.74, 6) is -2.16. The van der Waals surface area contributed by atoms with Crippen LogP contribution in [0.5, 0.6) is 0 Å². The van der Waals surface area contributed by atoms with Gasteiger partial charge in [0.15, 0.2) is 11.8 Å². The number of hydrogen-bond donors (Lipinski definition) is 2. The Hall–Kier alpha value is -4.40. The maximum atomic E-state index is 13.2. The molecule has 2 N–H and O–H groups in total. The molecule has 9 heteroatoms. The third kappa shape index (κ3) is 4.79. The number of likely N-dealkylation sites (N-methyl/N-ethyl adjacent to an activating group) is 1. The average molecular weight is 475 g/mol. The van der Waals surface area contributed by atoms with Gasteiger partial charge in [0.25, 0.3) is 5.91 Å². The minimum absolute atomic E-state index is 0.143. The quantitative estimate of drug-likeness (QED) is 0.511. The zero-order chi connectivity index (χ0) is 25.1. The number of fused-ring (bicyclic) bond motifs is 1. The third-order valence-corrected chi connectivity index (χ3v) is 5.98. The fourth-order valence-corrected chi connectivity index (χ4v) is 4.12. The fourth-order valence-electron chi connectivity index (χ4n) is 4.12. The van der Waals surface area contributed by atoms with E-state index in [1.165, 1.54) is 24.2 Å². The molecule has 1 aliphatic rings. The number of aliphatic carboxylic acids is 1. The number of aromatic nitrogens is 1. The highest BCUT2D eigenvalue weighted by molar-refractivity contribution is 6.19. The topological polar surface area (TPSA) is 112 Å². The highest BCUT2D eigenvalue weighted by Crippen LogP contribution is 2.30. The Morgan fingerprint density at radius 2 is 1.86 bits per heavy atom. The first kappa shape index (κ1) is 23.7. The van der Waals surface area contributed by atoms with Crippen molar-refractivity contribution in [2.45, 2.75) is 25.9 Å². The Morgan fingerprint density at radius 1 is 1.09 bits per heavy atom. The van der Waals surface area contributed by atoms with Gasteiger partial charge < -0.3 is 19.9 Å². The number of hydrogen-bond acceptors (Lipinski definition) is 4. The molecule has 0 saturated heterocycles. The van der Waals surface area contributed by atoms with Gasteiger partial charge in [-0.15, -0.1) is 0 Å². The van der Waals surface area contributed by atoms with Crippen LogP contribution in [-0.4, -0.2) is 57.9 Å². The molecule has 2 heterocycles. The van der Waals surface area contributed by atoms with Gasteiger partial charge in [-0.05, 0) is 47.7 Å². The van der Waals surface area contributed by atoms with Gasteiger partial charge in [-0.25, -0.2) is 4.79 Å². The van der Waals surface area contributed by atoms with Crippen LogP contribution in [0.1, 0.15) is 13.3 Å². The van der Waals surface area contributed by atoms with Gasteiger partial charge in [-0.1, -0.05) is 24.3 Å². The number of carboxylic acids is 1. The molecular formula is C26H26N4O5. The minimum atomic E-state index is -1.40. The second-order valence-electron chi connectivity index (χ2n) is 8.24. The number of ketones is 1. The summed E-state index contributed by atoms with van der Waals surface area (Å²) >= 11 is 0. The van der Waals surface area contributed by atoms with Gasteiger partial charge in [-0.2, -0.15) is 0 Å². The summed E-state index contributed by atoms with van der Waals surface area (Å²) in [5, 5.41) is 12.5. The lowest BCUT2D eigenvalue weighted by Crippen LogP contribution is -2.57. The molecule has 4 rings (SSSR count). The first-order valence-corrected chi connectivity index (χ1v) is 11.3. The van der Waals surface area contributed by atoms with Gasteiger partial charge >= 0.3 is 12.0 Å². The maximum Gasteiger partial charge on any atom is 0.323 e. The smallest absolute Gasteiger partial charge is 0.323 e. The standard InChI is InChI=1S/C26H26N4O5/c1-3-29-14-10-17-7-8-19(16-21(17)29)18-5-4-6-20(15-18)30(26(35)27-12-9-23(32)33)24-22(31)11-13-28(2)25(24)34/h4-8,10-11,13-16,24H,3,9,12H2,1-2H3,(H,27,35)(H,32,33)/t24-/m0/s1. The molecule has 2 aromatic carbocycles. The van der Waals surface area contributed by atoms with Crippen LogP contribution in [0.3, 0.4) is 0 Å². The van der Waals surface area contributed by atoms with Gasteiger partial charge in [0.05, 0.1) is 6.42 Å². The lowest BCUT2D eigenvalue weighted by atomic mass is 10.0. The lowest BCUT2D eigenvalue weighted by Gasteiger charge is -2.33. The van der Waals surface area contributed by atoms with Crippen molar-refractivity contribution < 1.29 is 24.3 Å². The molecule has 0 fully saturated rings. The number of benzene rings is 2. The number of aryl methyl sites for hydroxylation is 1. The van der Waals surface area contributed by atoms with Crippen molar-refractivity contribution in [3.8, 4) is 11.1 Å². The molecule has 3 amide bonds. The van der Waals surface area contributed by atoms with Crippen LogP contribution in [0.15, 0.2) is 67.0 Å². The van der Waals surface area contributed by atoms with Gasteiger partial charge in [0.2, 0.25) is 0 Å². The van der Waals surface area contributed by atoms with Crippen LogP contribution in [0.4, 0.5) is 10.5 Å². The summed E-state index contributed by atoms with van der Waals surface area (Å²) in [6.45, 7) is 2.75. The van der Waals surface area contributed by atoms with Crippen LogP contribution in [0.2, 0.25) is 0 Å². The van der Waals surface area contributed by atoms with E-state index in [2.05, 4.69) is 22.9 Å².